The second-order valence-electron chi connectivity index (χ2n) is 9.11. The minimum atomic E-state index is -1.14. The fraction of sp³-hybridized carbons (Fsp3) is 0.161. The average Bonchev–Trinajstić information content (AvgIpc) is 2.93. The third-order valence-electron chi connectivity index (χ3n) is 6.40. The van der Waals surface area contributed by atoms with Crippen molar-refractivity contribution in [3.8, 4) is 11.5 Å². The maximum Gasteiger partial charge on any atom is 0.341 e. The minimum absolute atomic E-state index is 0.0453. The lowest BCUT2D eigenvalue weighted by molar-refractivity contribution is -0.139. The van der Waals surface area contributed by atoms with Gasteiger partial charge < -0.3 is 14.6 Å². The lowest BCUT2D eigenvalue weighted by Crippen LogP contribution is -2.57. The first kappa shape index (κ1) is 28.3. The zero-order valence-corrected chi connectivity index (χ0v) is 23.2. The quantitative estimate of drug-likeness (QED) is 0.166. The molecule has 0 aromatic heterocycles. The van der Waals surface area contributed by atoms with E-state index in [1.165, 1.54) is 23.0 Å². The maximum atomic E-state index is 13.9. The van der Waals surface area contributed by atoms with Gasteiger partial charge in [0.15, 0.2) is 23.2 Å². The first-order valence-corrected chi connectivity index (χ1v) is 12.8. The van der Waals surface area contributed by atoms with Crippen LogP contribution in [0.4, 0.5) is 11.4 Å². The van der Waals surface area contributed by atoms with Gasteiger partial charge in [0.2, 0.25) is 0 Å². The average molecular weight is 557 g/mol. The van der Waals surface area contributed by atoms with Crippen molar-refractivity contribution in [3.63, 3.8) is 0 Å². The summed E-state index contributed by atoms with van der Waals surface area (Å²) in [6, 6.07) is 17.7. The number of hydrogen-bond donors (Lipinski definition) is 1. The molecule has 1 heterocycles. The molecule has 3 aromatic carbocycles. The Labute approximate surface area is 237 Å². The number of methoxy groups -OCH3 is 1. The van der Waals surface area contributed by atoms with Crippen molar-refractivity contribution in [1.82, 2.24) is 0 Å². The second kappa shape index (κ2) is 12.0. The molecule has 1 aliphatic rings. The molecule has 0 spiro atoms. The SMILES string of the molecule is C=CCc1cc(/C=C2/C(=O)N(c3ccccc3)C(=S)N(c3ccc(C)c(C)c3)C2=O)cc(OC)c1OCC(=O)O. The van der Waals surface area contributed by atoms with Crippen molar-refractivity contribution in [2.24, 2.45) is 0 Å². The summed E-state index contributed by atoms with van der Waals surface area (Å²) < 4.78 is 11.0. The molecule has 9 heteroatoms. The highest BCUT2D eigenvalue weighted by Crippen LogP contribution is 2.36. The van der Waals surface area contributed by atoms with Gasteiger partial charge in [-0.15, -0.1) is 6.58 Å². The van der Waals surface area contributed by atoms with Crippen LogP contribution in [-0.4, -0.2) is 41.7 Å². The molecule has 2 amide bonds. The van der Waals surface area contributed by atoms with E-state index in [0.29, 0.717) is 28.9 Å². The molecule has 8 nitrogen and oxygen atoms in total. The Hall–Kier alpha value is -4.76. The molecule has 204 valence electrons. The summed E-state index contributed by atoms with van der Waals surface area (Å²) in [7, 11) is 1.42. The molecule has 4 rings (SSSR count). The molecule has 3 aromatic rings. The molecular formula is C31H28N2O6S. The number of carbonyl (C=O) groups excluding carboxylic acids is 2. The van der Waals surface area contributed by atoms with Gasteiger partial charge in [0.1, 0.15) is 5.57 Å². The number of carboxylic acid groups (broad SMARTS) is 1. The van der Waals surface area contributed by atoms with E-state index >= 15 is 0 Å². The first-order chi connectivity index (χ1) is 19.2. The van der Waals surface area contributed by atoms with Crippen molar-refractivity contribution in [2.75, 3.05) is 23.5 Å². The van der Waals surface area contributed by atoms with Gasteiger partial charge in [-0.25, -0.2) is 4.79 Å². The Morgan fingerprint density at radius 3 is 2.25 bits per heavy atom. The molecular weight excluding hydrogens is 528 g/mol. The fourth-order valence-corrected chi connectivity index (χ4v) is 4.69. The number of hydrogen-bond acceptors (Lipinski definition) is 6. The number of carbonyl (C=O) groups is 3. The highest BCUT2D eigenvalue weighted by atomic mass is 32.1. The van der Waals surface area contributed by atoms with E-state index in [1.54, 1.807) is 48.5 Å². The van der Waals surface area contributed by atoms with Crippen LogP contribution in [0.25, 0.3) is 6.08 Å². The number of rotatable bonds is 9. The predicted molar refractivity (Wildman–Crippen MR) is 158 cm³/mol. The molecule has 0 radical (unpaired) electrons. The van der Waals surface area contributed by atoms with Crippen molar-refractivity contribution in [3.05, 3.63) is 101 Å². The van der Waals surface area contributed by atoms with Crippen molar-refractivity contribution in [2.45, 2.75) is 20.3 Å². The molecule has 0 atom stereocenters. The van der Waals surface area contributed by atoms with Crippen molar-refractivity contribution >= 4 is 52.6 Å². The number of nitrogens with zero attached hydrogens (tertiary/aromatic N) is 2. The van der Waals surface area contributed by atoms with E-state index < -0.39 is 24.4 Å². The van der Waals surface area contributed by atoms with E-state index in [2.05, 4.69) is 6.58 Å². The Morgan fingerprint density at radius 2 is 1.65 bits per heavy atom. The summed E-state index contributed by atoms with van der Waals surface area (Å²) in [5.74, 6) is -1.78. The smallest absolute Gasteiger partial charge is 0.341 e. The minimum Gasteiger partial charge on any atom is -0.493 e. The van der Waals surface area contributed by atoms with Crippen LogP contribution in [0.3, 0.4) is 0 Å². The summed E-state index contributed by atoms with van der Waals surface area (Å²) >= 11 is 5.71. The summed E-state index contributed by atoms with van der Waals surface area (Å²) in [4.78, 5) is 41.6. The molecule has 0 saturated carbocycles. The van der Waals surface area contributed by atoms with Gasteiger partial charge in [0.25, 0.3) is 11.8 Å². The highest BCUT2D eigenvalue weighted by Gasteiger charge is 2.41. The molecule has 1 saturated heterocycles. The number of carboxylic acids is 1. The van der Waals surface area contributed by atoms with Crippen molar-refractivity contribution in [1.29, 1.82) is 0 Å². The van der Waals surface area contributed by atoms with Crippen LogP contribution >= 0.6 is 12.2 Å². The van der Waals surface area contributed by atoms with E-state index in [4.69, 9.17) is 26.8 Å². The Balaban J connectivity index is 1.88. The summed E-state index contributed by atoms with van der Waals surface area (Å²) in [5, 5.41) is 9.13. The highest BCUT2D eigenvalue weighted by molar-refractivity contribution is 7.81. The molecule has 1 aliphatic heterocycles. The molecule has 1 fully saturated rings. The van der Waals surface area contributed by atoms with Gasteiger partial charge in [-0.05, 0) is 91.7 Å². The number of thiocarbonyl (C=S) groups is 1. The van der Waals surface area contributed by atoms with Gasteiger partial charge in [-0.3, -0.25) is 19.4 Å². The summed E-state index contributed by atoms with van der Waals surface area (Å²) in [6.45, 7) is 7.11. The topological polar surface area (TPSA) is 96.4 Å². The van der Waals surface area contributed by atoms with E-state index in [-0.39, 0.29) is 22.2 Å². The van der Waals surface area contributed by atoms with Crippen LogP contribution in [0.1, 0.15) is 22.3 Å². The van der Waals surface area contributed by atoms with E-state index in [1.807, 2.05) is 32.0 Å². The zero-order chi connectivity index (χ0) is 29.0. The monoisotopic (exact) mass is 556 g/mol. The van der Waals surface area contributed by atoms with Crippen LogP contribution in [-0.2, 0) is 20.8 Å². The third-order valence-corrected chi connectivity index (χ3v) is 6.77. The Bertz CT molecular complexity index is 1550. The first-order valence-electron chi connectivity index (χ1n) is 12.4. The standard InChI is InChI=1S/C31H28N2O6S/c1-5-9-22-15-21(17-26(38-4)28(22)39-18-27(34)35)16-25-29(36)32(23-10-7-6-8-11-23)31(40)33(30(25)37)24-13-12-19(2)20(3)14-24/h5-8,10-17H,1,9,18H2,2-4H3,(H,34,35)/b25-16-. The van der Waals surface area contributed by atoms with Gasteiger partial charge in [0.05, 0.1) is 18.5 Å². The molecule has 0 bridgehead atoms. The van der Waals surface area contributed by atoms with E-state index in [9.17, 15) is 14.4 Å². The number of aryl methyl sites for hydroxylation is 2. The molecule has 40 heavy (non-hydrogen) atoms. The number of ether oxygens (including phenoxy) is 2. The summed E-state index contributed by atoms with van der Waals surface area (Å²) in [6.07, 6.45) is 3.44. The lowest BCUT2D eigenvalue weighted by atomic mass is 10.0. The Morgan fingerprint density at radius 1 is 0.975 bits per heavy atom. The van der Waals surface area contributed by atoms with Crippen LogP contribution in [0.15, 0.2) is 78.9 Å². The van der Waals surface area contributed by atoms with Crippen LogP contribution in [0.5, 0.6) is 11.5 Å². The summed E-state index contributed by atoms with van der Waals surface area (Å²) in [5.41, 5.74) is 4.04. The second-order valence-corrected chi connectivity index (χ2v) is 9.48. The number of allylic oxidation sites excluding steroid dienone is 1. The van der Waals surface area contributed by atoms with E-state index in [0.717, 1.165) is 11.1 Å². The van der Waals surface area contributed by atoms with Gasteiger partial charge in [-0.2, -0.15) is 0 Å². The number of amides is 2. The number of para-hydroxylation sites is 1. The van der Waals surface area contributed by atoms with Crippen LogP contribution in [0, 0.1) is 13.8 Å². The normalized spacial score (nSPS) is 14.5. The third kappa shape index (κ3) is 5.64. The Kier molecular flexibility index (Phi) is 8.45. The largest absolute Gasteiger partial charge is 0.493 e. The molecule has 1 N–H and O–H groups in total. The van der Waals surface area contributed by atoms with Gasteiger partial charge in [-0.1, -0.05) is 30.3 Å². The lowest BCUT2D eigenvalue weighted by Gasteiger charge is -2.36. The van der Waals surface area contributed by atoms with Crippen molar-refractivity contribution < 1.29 is 29.0 Å². The predicted octanol–water partition coefficient (Wildman–Crippen LogP) is 5.25. The van der Waals surface area contributed by atoms with Gasteiger partial charge in [0, 0.05) is 5.56 Å². The number of aliphatic carboxylic acids is 1. The molecule has 0 aliphatic carbocycles. The maximum absolute atomic E-state index is 13.9. The van der Waals surface area contributed by atoms with Crippen LogP contribution in [0.2, 0.25) is 0 Å². The van der Waals surface area contributed by atoms with Crippen LogP contribution < -0.4 is 19.3 Å². The zero-order valence-electron chi connectivity index (χ0n) is 22.3. The number of anilines is 2. The van der Waals surface area contributed by atoms with Gasteiger partial charge >= 0.3 is 5.97 Å². The number of benzene rings is 3. The fourth-order valence-electron chi connectivity index (χ4n) is 4.32. The molecule has 0 unspecified atom stereocenters.